The van der Waals surface area contributed by atoms with Crippen LogP contribution in [0.1, 0.15) is 5.56 Å². The molecule has 6 heteroatoms. The van der Waals surface area contributed by atoms with E-state index in [4.69, 9.17) is 10.5 Å². The van der Waals surface area contributed by atoms with Crippen molar-refractivity contribution in [1.29, 1.82) is 0 Å². The van der Waals surface area contributed by atoms with Crippen molar-refractivity contribution in [2.45, 2.75) is 11.5 Å². The van der Waals surface area contributed by atoms with Gasteiger partial charge in [-0.25, -0.2) is 13.4 Å². The van der Waals surface area contributed by atoms with E-state index in [1.807, 2.05) is 6.07 Å². The van der Waals surface area contributed by atoms with Crippen molar-refractivity contribution in [3.8, 4) is 5.75 Å². The van der Waals surface area contributed by atoms with E-state index in [-0.39, 0.29) is 11.5 Å². The Bertz CT molecular complexity index is 667. The Kier molecular flexibility index (Phi) is 3.71. The fourth-order valence-corrected chi connectivity index (χ4v) is 2.15. The van der Waals surface area contributed by atoms with Gasteiger partial charge in [0.2, 0.25) is 0 Å². The lowest BCUT2D eigenvalue weighted by Crippen LogP contribution is -2.02. The molecule has 0 saturated carbocycles. The summed E-state index contributed by atoms with van der Waals surface area (Å²) in [6.07, 6.45) is 2.78. The molecule has 0 aliphatic heterocycles. The Morgan fingerprint density at radius 3 is 2.47 bits per heavy atom. The van der Waals surface area contributed by atoms with E-state index in [1.165, 1.54) is 18.4 Å². The van der Waals surface area contributed by atoms with Gasteiger partial charge in [0, 0.05) is 18.0 Å². The van der Waals surface area contributed by atoms with Crippen LogP contribution in [0.15, 0.2) is 47.5 Å². The van der Waals surface area contributed by atoms with E-state index in [1.54, 1.807) is 24.4 Å². The molecule has 0 atom stereocenters. The average molecular weight is 278 g/mol. The molecule has 0 radical (unpaired) electrons. The Hall–Kier alpha value is -2.08. The minimum Gasteiger partial charge on any atom is -0.489 e. The van der Waals surface area contributed by atoms with Crippen LogP contribution in [-0.4, -0.2) is 19.7 Å². The maximum Gasteiger partial charge on any atom is 0.175 e. The Labute approximate surface area is 112 Å². The van der Waals surface area contributed by atoms with Crippen molar-refractivity contribution < 1.29 is 13.2 Å². The zero-order chi connectivity index (χ0) is 13.9. The molecule has 2 rings (SSSR count). The van der Waals surface area contributed by atoms with Crippen LogP contribution in [0.25, 0.3) is 0 Å². The van der Waals surface area contributed by atoms with Gasteiger partial charge in [-0.15, -0.1) is 0 Å². The van der Waals surface area contributed by atoms with Crippen molar-refractivity contribution in [2.75, 3.05) is 12.0 Å². The first kappa shape index (κ1) is 13.4. The first-order chi connectivity index (χ1) is 8.97. The number of hydrogen-bond acceptors (Lipinski definition) is 5. The van der Waals surface area contributed by atoms with Crippen molar-refractivity contribution in [3.63, 3.8) is 0 Å². The molecular formula is C13H14N2O3S. The monoisotopic (exact) mass is 278 g/mol. The third-order valence-electron chi connectivity index (χ3n) is 2.57. The molecule has 0 fully saturated rings. The van der Waals surface area contributed by atoms with Crippen LogP contribution in [0.3, 0.4) is 0 Å². The summed E-state index contributed by atoms with van der Waals surface area (Å²) in [5.41, 5.74) is 6.48. The molecule has 19 heavy (non-hydrogen) atoms. The van der Waals surface area contributed by atoms with Crippen molar-refractivity contribution in [2.24, 2.45) is 0 Å². The van der Waals surface area contributed by atoms with Gasteiger partial charge in [-0.2, -0.15) is 0 Å². The highest BCUT2D eigenvalue weighted by Crippen LogP contribution is 2.18. The SMILES string of the molecule is CS(=O)(=O)c1ccc(OCc2cccnc2N)cc1. The molecule has 5 nitrogen and oxygen atoms in total. The van der Waals surface area contributed by atoms with Gasteiger partial charge in [0.15, 0.2) is 9.84 Å². The number of sulfone groups is 1. The van der Waals surface area contributed by atoms with Crippen LogP contribution in [0, 0.1) is 0 Å². The minimum absolute atomic E-state index is 0.265. The van der Waals surface area contributed by atoms with Crippen molar-refractivity contribution >= 4 is 15.7 Å². The lowest BCUT2D eigenvalue weighted by Gasteiger charge is -2.08. The fraction of sp³-hybridized carbons (Fsp3) is 0.154. The summed E-state index contributed by atoms with van der Waals surface area (Å²) in [6.45, 7) is 0.290. The van der Waals surface area contributed by atoms with E-state index in [0.29, 0.717) is 11.6 Å². The minimum atomic E-state index is -3.18. The van der Waals surface area contributed by atoms with Crippen molar-refractivity contribution in [3.05, 3.63) is 48.2 Å². The number of hydrogen-bond donors (Lipinski definition) is 1. The number of nitrogens with two attached hydrogens (primary N) is 1. The standard InChI is InChI=1S/C13H14N2O3S/c1-19(16,17)12-6-4-11(5-7-12)18-9-10-3-2-8-15-13(10)14/h2-8H,9H2,1H3,(H2,14,15). The number of ether oxygens (including phenoxy) is 1. The second kappa shape index (κ2) is 5.27. The van der Waals surface area contributed by atoms with E-state index in [0.717, 1.165) is 5.56 Å². The summed E-state index contributed by atoms with van der Waals surface area (Å²) in [5.74, 6) is 1.01. The number of anilines is 1. The van der Waals surface area contributed by atoms with Crippen LogP contribution in [0.5, 0.6) is 5.75 Å². The highest BCUT2D eigenvalue weighted by Gasteiger charge is 2.06. The highest BCUT2D eigenvalue weighted by molar-refractivity contribution is 7.90. The van der Waals surface area contributed by atoms with Crippen LogP contribution >= 0.6 is 0 Å². The number of pyridine rings is 1. The third kappa shape index (κ3) is 3.45. The van der Waals surface area contributed by atoms with Crippen LogP contribution in [0.2, 0.25) is 0 Å². The summed E-state index contributed by atoms with van der Waals surface area (Å²) < 4.78 is 28.1. The number of nitrogen functional groups attached to an aromatic ring is 1. The van der Waals surface area contributed by atoms with Gasteiger partial charge in [-0.1, -0.05) is 6.07 Å². The molecule has 0 aliphatic carbocycles. The van der Waals surface area contributed by atoms with Gasteiger partial charge in [-0.05, 0) is 30.3 Å². The fourth-order valence-electron chi connectivity index (χ4n) is 1.52. The predicted molar refractivity (Wildman–Crippen MR) is 72.5 cm³/mol. The molecule has 0 saturated heterocycles. The zero-order valence-corrected chi connectivity index (χ0v) is 11.2. The molecule has 1 aromatic carbocycles. The molecule has 100 valence electrons. The number of aromatic nitrogens is 1. The average Bonchev–Trinajstić information content (AvgIpc) is 2.37. The van der Waals surface area contributed by atoms with Gasteiger partial charge in [0.1, 0.15) is 18.2 Å². The number of rotatable bonds is 4. The van der Waals surface area contributed by atoms with Gasteiger partial charge in [0.05, 0.1) is 4.90 Å². The molecule has 1 aromatic heterocycles. The largest absolute Gasteiger partial charge is 0.489 e. The lowest BCUT2D eigenvalue weighted by atomic mass is 10.3. The summed E-state index contributed by atoms with van der Waals surface area (Å²) in [6, 6.07) is 9.86. The summed E-state index contributed by atoms with van der Waals surface area (Å²) in [4.78, 5) is 4.22. The van der Waals surface area contributed by atoms with E-state index < -0.39 is 9.84 Å². The summed E-state index contributed by atoms with van der Waals surface area (Å²) >= 11 is 0. The molecule has 0 aliphatic rings. The van der Waals surface area contributed by atoms with Gasteiger partial charge in [-0.3, -0.25) is 0 Å². The molecule has 0 bridgehead atoms. The predicted octanol–water partition coefficient (Wildman–Crippen LogP) is 1.65. The molecule has 0 spiro atoms. The Morgan fingerprint density at radius 1 is 1.21 bits per heavy atom. The maximum atomic E-state index is 11.3. The number of nitrogens with zero attached hydrogens (tertiary/aromatic N) is 1. The molecular weight excluding hydrogens is 264 g/mol. The quantitative estimate of drug-likeness (QED) is 0.919. The Balaban J connectivity index is 2.07. The topological polar surface area (TPSA) is 82.3 Å². The zero-order valence-electron chi connectivity index (χ0n) is 10.4. The molecule has 0 unspecified atom stereocenters. The Morgan fingerprint density at radius 2 is 1.89 bits per heavy atom. The smallest absolute Gasteiger partial charge is 0.175 e. The highest BCUT2D eigenvalue weighted by atomic mass is 32.2. The van der Waals surface area contributed by atoms with Gasteiger partial charge in [0.25, 0.3) is 0 Å². The molecule has 0 amide bonds. The third-order valence-corrected chi connectivity index (χ3v) is 3.70. The first-order valence-corrected chi connectivity index (χ1v) is 7.48. The van der Waals surface area contributed by atoms with Gasteiger partial charge >= 0.3 is 0 Å². The molecule has 1 heterocycles. The van der Waals surface area contributed by atoms with Gasteiger partial charge < -0.3 is 10.5 Å². The first-order valence-electron chi connectivity index (χ1n) is 5.59. The summed E-state index contributed by atoms with van der Waals surface area (Å²) in [5, 5.41) is 0. The second-order valence-electron chi connectivity index (χ2n) is 4.08. The van der Waals surface area contributed by atoms with Crippen molar-refractivity contribution in [1.82, 2.24) is 4.98 Å². The van der Waals surface area contributed by atoms with Crippen LogP contribution in [-0.2, 0) is 16.4 Å². The second-order valence-corrected chi connectivity index (χ2v) is 6.10. The normalized spacial score (nSPS) is 11.2. The lowest BCUT2D eigenvalue weighted by molar-refractivity contribution is 0.306. The molecule has 2 aromatic rings. The van der Waals surface area contributed by atoms with E-state index in [9.17, 15) is 8.42 Å². The van der Waals surface area contributed by atoms with Crippen LogP contribution < -0.4 is 10.5 Å². The maximum absolute atomic E-state index is 11.3. The van der Waals surface area contributed by atoms with E-state index >= 15 is 0 Å². The van der Waals surface area contributed by atoms with E-state index in [2.05, 4.69) is 4.98 Å². The van der Waals surface area contributed by atoms with Crippen LogP contribution in [0.4, 0.5) is 5.82 Å². The molecule has 2 N–H and O–H groups in total. The number of benzene rings is 1. The summed E-state index contributed by atoms with van der Waals surface area (Å²) in [7, 11) is -3.18.